The second kappa shape index (κ2) is 6.57. The topological polar surface area (TPSA) is 39.1 Å². The summed E-state index contributed by atoms with van der Waals surface area (Å²) >= 11 is 0. The predicted octanol–water partition coefficient (Wildman–Crippen LogP) is 4.88. The lowest BCUT2D eigenvalue weighted by Gasteiger charge is -2.15. The number of nitrogens with zero attached hydrogens (tertiary/aromatic N) is 2. The molecule has 0 atom stereocenters. The van der Waals surface area contributed by atoms with Gasteiger partial charge in [-0.25, -0.2) is 0 Å². The third kappa shape index (κ3) is 3.21. The monoisotopic (exact) mass is 307 g/mol. The van der Waals surface area contributed by atoms with Gasteiger partial charge < -0.3 is 10.1 Å². The predicted molar refractivity (Wildman–Crippen MR) is 94.3 cm³/mol. The minimum absolute atomic E-state index is 0.287. The van der Waals surface area contributed by atoms with E-state index in [-0.39, 0.29) is 6.04 Å². The van der Waals surface area contributed by atoms with Gasteiger partial charge in [0.05, 0.1) is 12.8 Å². The first-order valence-electron chi connectivity index (χ1n) is 7.73. The van der Waals surface area contributed by atoms with Gasteiger partial charge >= 0.3 is 0 Å². The van der Waals surface area contributed by atoms with Crippen molar-refractivity contribution in [2.24, 2.45) is 0 Å². The van der Waals surface area contributed by atoms with Gasteiger partial charge in [-0.2, -0.15) is 5.10 Å². The second-order valence-corrected chi connectivity index (χ2v) is 5.66. The van der Waals surface area contributed by atoms with Crippen molar-refractivity contribution in [2.75, 3.05) is 12.4 Å². The Bertz CT molecular complexity index is 778. The van der Waals surface area contributed by atoms with Crippen LogP contribution in [0.1, 0.15) is 19.9 Å². The summed E-state index contributed by atoms with van der Waals surface area (Å²) in [7, 11) is 1.69. The van der Waals surface area contributed by atoms with E-state index in [1.54, 1.807) is 7.11 Å². The summed E-state index contributed by atoms with van der Waals surface area (Å²) in [4.78, 5) is 0. The van der Waals surface area contributed by atoms with Crippen molar-refractivity contribution < 1.29 is 4.74 Å². The molecule has 0 unspecified atom stereocenters. The third-order valence-corrected chi connectivity index (χ3v) is 3.70. The molecule has 1 N–H and O–H groups in total. The molecule has 0 aliphatic heterocycles. The number of aromatic nitrogens is 2. The molecule has 0 saturated heterocycles. The fraction of sp³-hybridized carbons (Fsp3) is 0.211. The van der Waals surface area contributed by atoms with Crippen LogP contribution in [0.5, 0.6) is 5.75 Å². The standard InChI is InChI=1S/C19H21N3O/c1-14(2)22-18(11-12-20-22)17-13-16(9-10-19(17)23-3)21-15-7-5-4-6-8-15/h4-14,21H,1-3H3. The Labute approximate surface area is 136 Å². The van der Waals surface area contributed by atoms with E-state index < -0.39 is 0 Å². The third-order valence-electron chi connectivity index (χ3n) is 3.70. The van der Waals surface area contributed by atoms with E-state index >= 15 is 0 Å². The molecule has 118 valence electrons. The molecule has 2 aromatic carbocycles. The minimum atomic E-state index is 0.287. The molecule has 23 heavy (non-hydrogen) atoms. The summed E-state index contributed by atoms with van der Waals surface area (Å²) in [5, 5.41) is 7.84. The van der Waals surface area contributed by atoms with Crippen molar-refractivity contribution in [2.45, 2.75) is 19.9 Å². The van der Waals surface area contributed by atoms with Crippen molar-refractivity contribution in [3.05, 3.63) is 60.8 Å². The Morgan fingerprint density at radius 1 is 1.00 bits per heavy atom. The van der Waals surface area contributed by atoms with Crippen LogP contribution < -0.4 is 10.1 Å². The van der Waals surface area contributed by atoms with Gasteiger partial charge in [0.25, 0.3) is 0 Å². The van der Waals surface area contributed by atoms with E-state index in [0.717, 1.165) is 28.4 Å². The van der Waals surface area contributed by atoms with E-state index in [1.807, 2.05) is 59.4 Å². The van der Waals surface area contributed by atoms with Crippen LogP contribution in [-0.4, -0.2) is 16.9 Å². The molecule has 0 bridgehead atoms. The van der Waals surface area contributed by atoms with Crippen LogP contribution in [0.3, 0.4) is 0 Å². The fourth-order valence-electron chi connectivity index (χ4n) is 2.61. The van der Waals surface area contributed by atoms with Crippen LogP contribution in [0.2, 0.25) is 0 Å². The van der Waals surface area contributed by atoms with Crippen molar-refractivity contribution in [1.82, 2.24) is 9.78 Å². The molecular formula is C19H21N3O. The summed E-state index contributed by atoms with van der Waals surface area (Å²) in [6.45, 7) is 4.24. The first-order chi connectivity index (χ1) is 11.2. The maximum absolute atomic E-state index is 5.54. The second-order valence-electron chi connectivity index (χ2n) is 5.66. The Morgan fingerprint density at radius 2 is 1.78 bits per heavy atom. The zero-order valence-corrected chi connectivity index (χ0v) is 13.7. The largest absolute Gasteiger partial charge is 0.496 e. The summed E-state index contributed by atoms with van der Waals surface area (Å²) in [6, 6.07) is 18.5. The average Bonchev–Trinajstić information content (AvgIpc) is 3.05. The lowest BCUT2D eigenvalue weighted by atomic mass is 10.1. The Morgan fingerprint density at radius 3 is 2.48 bits per heavy atom. The number of rotatable bonds is 5. The highest BCUT2D eigenvalue weighted by Crippen LogP contribution is 2.34. The highest BCUT2D eigenvalue weighted by molar-refractivity contribution is 5.74. The zero-order valence-electron chi connectivity index (χ0n) is 13.7. The molecule has 1 aromatic heterocycles. The van der Waals surface area contributed by atoms with Gasteiger partial charge in [-0.1, -0.05) is 18.2 Å². The van der Waals surface area contributed by atoms with Gasteiger partial charge in [0, 0.05) is 29.2 Å². The van der Waals surface area contributed by atoms with E-state index in [1.165, 1.54) is 0 Å². The van der Waals surface area contributed by atoms with Gasteiger partial charge in [-0.05, 0) is 50.2 Å². The highest BCUT2D eigenvalue weighted by Gasteiger charge is 2.13. The quantitative estimate of drug-likeness (QED) is 0.730. The number of methoxy groups -OCH3 is 1. The molecule has 3 aromatic rings. The summed E-state index contributed by atoms with van der Waals surface area (Å²) in [5.74, 6) is 0.839. The summed E-state index contributed by atoms with van der Waals surface area (Å²) in [5.41, 5.74) is 4.15. The molecule has 4 heteroatoms. The van der Waals surface area contributed by atoms with E-state index in [9.17, 15) is 0 Å². The van der Waals surface area contributed by atoms with Gasteiger partial charge in [0.1, 0.15) is 5.75 Å². The van der Waals surface area contributed by atoms with Gasteiger partial charge in [-0.3, -0.25) is 4.68 Å². The lowest BCUT2D eigenvalue weighted by Crippen LogP contribution is -2.05. The molecular weight excluding hydrogens is 286 g/mol. The Kier molecular flexibility index (Phi) is 4.33. The van der Waals surface area contributed by atoms with Crippen molar-refractivity contribution in [3.8, 4) is 17.0 Å². The Hall–Kier alpha value is -2.75. The fourth-order valence-corrected chi connectivity index (χ4v) is 2.61. The normalized spacial score (nSPS) is 10.8. The molecule has 0 fully saturated rings. The highest BCUT2D eigenvalue weighted by atomic mass is 16.5. The minimum Gasteiger partial charge on any atom is -0.496 e. The number of ether oxygens (including phenoxy) is 1. The number of benzene rings is 2. The molecule has 0 spiro atoms. The van der Waals surface area contributed by atoms with Crippen LogP contribution in [0.4, 0.5) is 11.4 Å². The SMILES string of the molecule is COc1ccc(Nc2ccccc2)cc1-c1ccnn1C(C)C. The van der Waals surface area contributed by atoms with E-state index in [4.69, 9.17) is 4.74 Å². The van der Waals surface area contributed by atoms with Gasteiger partial charge in [-0.15, -0.1) is 0 Å². The van der Waals surface area contributed by atoms with Crippen molar-refractivity contribution >= 4 is 11.4 Å². The molecule has 0 saturated carbocycles. The molecule has 3 rings (SSSR count). The number of nitrogens with one attached hydrogen (secondary N) is 1. The van der Waals surface area contributed by atoms with Crippen molar-refractivity contribution in [3.63, 3.8) is 0 Å². The number of para-hydroxylation sites is 1. The molecule has 4 nitrogen and oxygen atoms in total. The van der Waals surface area contributed by atoms with Crippen LogP contribution in [0.15, 0.2) is 60.8 Å². The van der Waals surface area contributed by atoms with Crippen LogP contribution in [0.25, 0.3) is 11.3 Å². The maximum atomic E-state index is 5.54. The van der Waals surface area contributed by atoms with Crippen LogP contribution >= 0.6 is 0 Å². The average molecular weight is 307 g/mol. The maximum Gasteiger partial charge on any atom is 0.128 e. The van der Waals surface area contributed by atoms with Crippen LogP contribution in [0, 0.1) is 0 Å². The smallest absolute Gasteiger partial charge is 0.128 e. The first kappa shape index (κ1) is 15.2. The Balaban J connectivity index is 2.01. The number of hydrogen-bond acceptors (Lipinski definition) is 3. The molecule has 0 amide bonds. The van der Waals surface area contributed by atoms with Crippen molar-refractivity contribution in [1.29, 1.82) is 0 Å². The number of anilines is 2. The van der Waals surface area contributed by atoms with Gasteiger partial charge in [0.2, 0.25) is 0 Å². The first-order valence-corrected chi connectivity index (χ1v) is 7.73. The number of hydrogen-bond donors (Lipinski definition) is 1. The molecule has 1 heterocycles. The molecule has 0 aliphatic rings. The van der Waals surface area contributed by atoms with E-state index in [2.05, 4.69) is 30.3 Å². The lowest BCUT2D eigenvalue weighted by molar-refractivity contribution is 0.415. The van der Waals surface area contributed by atoms with E-state index in [0.29, 0.717) is 0 Å². The van der Waals surface area contributed by atoms with Gasteiger partial charge in [0.15, 0.2) is 0 Å². The summed E-state index contributed by atoms with van der Waals surface area (Å²) in [6.07, 6.45) is 1.83. The summed E-state index contributed by atoms with van der Waals surface area (Å²) < 4.78 is 7.54. The van der Waals surface area contributed by atoms with Crippen LogP contribution in [-0.2, 0) is 0 Å². The molecule has 0 aliphatic carbocycles. The molecule has 0 radical (unpaired) electrons. The zero-order chi connectivity index (χ0) is 16.2.